The van der Waals surface area contributed by atoms with Gasteiger partial charge in [-0.15, -0.1) is 0 Å². The summed E-state index contributed by atoms with van der Waals surface area (Å²) < 4.78 is 5.57. The Labute approximate surface area is 104 Å². The second-order valence-corrected chi connectivity index (χ2v) is 5.68. The third-order valence-corrected chi connectivity index (χ3v) is 4.00. The first-order chi connectivity index (χ1) is 7.90. The predicted octanol–water partition coefficient (Wildman–Crippen LogP) is 2.98. The van der Waals surface area contributed by atoms with Crippen LogP contribution in [0.4, 0.5) is 0 Å². The molecule has 2 heteroatoms. The molecule has 0 radical (unpaired) electrons. The molecule has 0 amide bonds. The van der Waals surface area contributed by atoms with Crippen molar-refractivity contribution in [2.75, 3.05) is 0 Å². The molecule has 1 aromatic carbocycles. The van der Waals surface area contributed by atoms with Gasteiger partial charge in [0.05, 0.1) is 5.60 Å². The van der Waals surface area contributed by atoms with Crippen molar-refractivity contribution in [1.82, 2.24) is 0 Å². The van der Waals surface area contributed by atoms with Gasteiger partial charge in [-0.05, 0) is 56.7 Å². The summed E-state index contributed by atoms with van der Waals surface area (Å²) in [6.45, 7) is 8.45. The lowest BCUT2D eigenvalue weighted by molar-refractivity contribution is -0.127. The number of aliphatic hydroxyl groups is 1. The first kappa shape index (κ1) is 12.6. The van der Waals surface area contributed by atoms with E-state index < -0.39 is 6.29 Å². The first-order valence-corrected chi connectivity index (χ1v) is 6.31. The Bertz CT molecular complexity index is 389. The van der Waals surface area contributed by atoms with Crippen LogP contribution >= 0.6 is 0 Å². The number of rotatable bonds is 2. The highest BCUT2D eigenvalue weighted by Crippen LogP contribution is 2.37. The molecular formula is C15H22O2. The molecule has 94 valence electrons. The zero-order chi connectivity index (χ0) is 12.6. The van der Waals surface area contributed by atoms with Gasteiger partial charge in [-0.25, -0.2) is 0 Å². The third kappa shape index (κ3) is 2.53. The van der Waals surface area contributed by atoms with Gasteiger partial charge in [0.2, 0.25) is 0 Å². The highest BCUT2D eigenvalue weighted by Gasteiger charge is 2.40. The summed E-state index contributed by atoms with van der Waals surface area (Å²) in [4.78, 5) is 0. The topological polar surface area (TPSA) is 29.5 Å². The first-order valence-electron chi connectivity index (χ1n) is 6.31. The van der Waals surface area contributed by atoms with Gasteiger partial charge in [0.1, 0.15) is 0 Å². The Morgan fingerprint density at radius 3 is 2.35 bits per heavy atom. The quantitative estimate of drug-likeness (QED) is 0.852. The summed E-state index contributed by atoms with van der Waals surface area (Å²) in [7, 11) is 0. The number of hydrogen-bond acceptors (Lipinski definition) is 2. The fourth-order valence-electron chi connectivity index (χ4n) is 2.77. The molecule has 2 nitrogen and oxygen atoms in total. The standard InChI is InChI=1S/C15H22O2/c1-10-6-5-7-11(2)13(10)8-12-9-14(16)17-15(12,3)4/h5-7,12,14,16H,8-9H2,1-4H3. The largest absolute Gasteiger partial charge is 0.368 e. The van der Waals surface area contributed by atoms with Gasteiger partial charge in [0.15, 0.2) is 6.29 Å². The van der Waals surface area contributed by atoms with Crippen LogP contribution in [0.3, 0.4) is 0 Å². The monoisotopic (exact) mass is 234 g/mol. The van der Waals surface area contributed by atoms with Crippen LogP contribution in [0.25, 0.3) is 0 Å². The van der Waals surface area contributed by atoms with E-state index in [2.05, 4.69) is 45.9 Å². The zero-order valence-electron chi connectivity index (χ0n) is 11.2. The number of hydrogen-bond donors (Lipinski definition) is 1. The molecule has 0 spiro atoms. The normalized spacial score (nSPS) is 27.4. The molecule has 2 unspecified atom stereocenters. The van der Waals surface area contributed by atoms with Gasteiger partial charge < -0.3 is 9.84 Å². The van der Waals surface area contributed by atoms with Crippen molar-refractivity contribution < 1.29 is 9.84 Å². The van der Waals surface area contributed by atoms with E-state index in [9.17, 15) is 5.11 Å². The molecule has 2 atom stereocenters. The molecule has 0 saturated carbocycles. The highest BCUT2D eigenvalue weighted by atomic mass is 16.6. The summed E-state index contributed by atoms with van der Waals surface area (Å²) in [5.74, 6) is 0.386. The summed E-state index contributed by atoms with van der Waals surface area (Å²) in [6.07, 6.45) is 1.13. The van der Waals surface area contributed by atoms with Crippen LogP contribution in [0.1, 0.15) is 37.0 Å². The lowest BCUT2D eigenvalue weighted by Crippen LogP contribution is -2.29. The van der Waals surface area contributed by atoms with Crippen molar-refractivity contribution in [3.63, 3.8) is 0 Å². The maximum Gasteiger partial charge on any atom is 0.155 e. The van der Waals surface area contributed by atoms with Gasteiger partial charge in [-0.2, -0.15) is 0 Å². The van der Waals surface area contributed by atoms with E-state index in [1.807, 2.05) is 0 Å². The minimum Gasteiger partial charge on any atom is -0.368 e. The Balaban J connectivity index is 2.22. The summed E-state index contributed by atoms with van der Waals surface area (Å²) in [5.41, 5.74) is 3.85. The predicted molar refractivity (Wildman–Crippen MR) is 68.9 cm³/mol. The molecule has 0 bridgehead atoms. The molecule has 1 saturated heterocycles. The summed E-state index contributed by atoms with van der Waals surface area (Å²) >= 11 is 0. The lowest BCUT2D eigenvalue weighted by Gasteiger charge is -2.26. The van der Waals surface area contributed by atoms with Crippen LogP contribution < -0.4 is 0 Å². The van der Waals surface area contributed by atoms with E-state index in [4.69, 9.17) is 4.74 Å². The van der Waals surface area contributed by atoms with Crippen molar-refractivity contribution in [3.8, 4) is 0 Å². The van der Waals surface area contributed by atoms with Crippen molar-refractivity contribution in [2.45, 2.75) is 52.4 Å². The Hall–Kier alpha value is -0.860. The molecule has 1 fully saturated rings. The third-order valence-electron chi connectivity index (χ3n) is 4.00. The number of ether oxygens (including phenoxy) is 1. The minimum atomic E-state index is -0.598. The van der Waals surface area contributed by atoms with E-state index in [0.29, 0.717) is 5.92 Å². The number of aliphatic hydroxyl groups excluding tert-OH is 1. The molecule has 1 aromatic rings. The van der Waals surface area contributed by atoms with E-state index in [0.717, 1.165) is 12.8 Å². The zero-order valence-corrected chi connectivity index (χ0v) is 11.2. The van der Waals surface area contributed by atoms with Crippen molar-refractivity contribution in [3.05, 3.63) is 34.9 Å². The van der Waals surface area contributed by atoms with E-state index in [-0.39, 0.29) is 5.60 Å². The number of aryl methyl sites for hydroxylation is 2. The number of benzene rings is 1. The van der Waals surface area contributed by atoms with Crippen LogP contribution in [0.2, 0.25) is 0 Å². The van der Waals surface area contributed by atoms with Gasteiger partial charge in [-0.3, -0.25) is 0 Å². The summed E-state index contributed by atoms with van der Waals surface area (Å²) in [6, 6.07) is 6.41. The molecule has 1 aliphatic rings. The Kier molecular flexibility index (Phi) is 3.28. The SMILES string of the molecule is Cc1cccc(C)c1CC1CC(O)OC1(C)C. The second kappa shape index (κ2) is 4.43. The Morgan fingerprint density at radius 1 is 1.29 bits per heavy atom. The maximum absolute atomic E-state index is 9.63. The van der Waals surface area contributed by atoms with Gasteiger partial charge in [-0.1, -0.05) is 18.2 Å². The highest BCUT2D eigenvalue weighted by molar-refractivity contribution is 5.34. The maximum atomic E-state index is 9.63. The van der Waals surface area contributed by atoms with Crippen LogP contribution in [0, 0.1) is 19.8 Å². The molecule has 0 aliphatic carbocycles. The van der Waals surface area contributed by atoms with Crippen molar-refractivity contribution >= 4 is 0 Å². The lowest BCUT2D eigenvalue weighted by atomic mass is 9.83. The molecule has 1 aliphatic heterocycles. The summed E-state index contributed by atoms with van der Waals surface area (Å²) in [5, 5.41) is 9.63. The fraction of sp³-hybridized carbons (Fsp3) is 0.600. The van der Waals surface area contributed by atoms with E-state index in [1.165, 1.54) is 16.7 Å². The van der Waals surface area contributed by atoms with Crippen LogP contribution in [-0.2, 0) is 11.2 Å². The minimum absolute atomic E-state index is 0.228. The van der Waals surface area contributed by atoms with Gasteiger partial charge in [0, 0.05) is 6.42 Å². The van der Waals surface area contributed by atoms with E-state index in [1.54, 1.807) is 0 Å². The van der Waals surface area contributed by atoms with Crippen molar-refractivity contribution in [2.24, 2.45) is 5.92 Å². The molecule has 17 heavy (non-hydrogen) atoms. The fourth-order valence-corrected chi connectivity index (χ4v) is 2.77. The van der Waals surface area contributed by atoms with Crippen molar-refractivity contribution in [1.29, 1.82) is 0 Å². The Morgan fingerprint density at radius 2 is 1.88 bits per heavy atom. The average Bonchev–Trinajstić information content (AvgIpc) is 2.45. The molecule has 1 heterocycles. The van der Waals surface area contributed by atoms with Crippen LogP contribution in [0.15, 0.2) is 18.2 Å². The van der Waals surface area contributed by atoms with Crippen LogP contribution in [0.5, 0.6) is 0 Å². The van der Waals surface area contributed by atoms with Gasteiger partial charge in [0.25, 0.3) is 0 Å². The molecular weight excluding hydrogens is 212 g/mol. The molecule has 0 aromatic heterocycles. The smallest absolute Gasteiger partial charge is 0.155 e. The van der Waals surface area contributed by atoms with Gasteiger partial charge >= 0.3 is 0 Å². The second-order valence-electron chi connectivity index (χ2n) is 5.68. The average molecular weight is 234 g/mol. The van der Waals surface area contributed by atoms with Crippen LogP contribution in [-0.4, -0.2) is 17.0 Å². The molecule has 1 N–H and O–H groups in total. The molecule has 2 rings (SSSR count). The van der Waals surface area contributed by atoms with E-state index >= 15 is 0 Å².